The van der Waals surface area contributed by atoms with Crippen molar-refractivity contribution in [2.24, 2.45) is 4.99 Å². The summed E-state index contributed by atoms with van der Waals surface area (Å²) in [6.07, 6.45) is 3.23. The Morgan fingerprint density at radius 2 is 1.96 bits per heavy atom. The minimum atomic E-state index is 0. The molecule has 3 rings (SSSR count). The van der Waals surface area contributed by atoms with Crippen LogP contribution >= 0.6 is 24.0 Å². The van der Waals surface area contributed by atoms with Crippen LogP contribution in [0.15, 0.2) is 29.3 Å². The lowest BCUT2D eigenvalue weighted by molar-refractivity contribution is 0.663. The first-order chi connectivity index (χ1) is 11.8. The number of halogens is 1. The molecule has 1 aliphatic rings. The van der Waals surface area contributed by atoms with Crippen molar-refractivity contribution in [2.75, 3.05) is 6.54 Å². The van der Waals surface area contributed by atoms with Crippen molar-refractivity contribution in [3.63, 3.8) is 0 Å². The average molecular weight is 454 g/mol. The zero-order valence-corrected chi connectivity index (χ0v) is 17.3. The molecule has 0 fully saturated rings. The van der Waals surface area contributed by atoms with Gasteiger partial charge in [0, 0.05) is 19.5 Å². The van der Waals surface area contributed by atoms with Gasteiger partial charge in [0.1, 0.15) is 5.82 Å². The van der Waals surface area contributed by atoms with Crippen molar-refractivity contribution in [2.45, 2.75) is 52.7 Å². The molecule has 0 radical (unpaired) electrons. The fraction of sp³-hybridized carbons (Fsp3) is 0.500. The van der Waals surface area contributed by atoms with Crippen molar-refractivity contribution in [3.05, 3.63) is 47.0 Å². The van der Waals surface area contributed by atoms with E-state index < -0.39 is 0 Å². The molecule has 1 aliphatic heterocycles. The fourth-order valence-electron chi connectivity index (χ4n) is 3.07. The molecule has 136 valence electrons. The van der Waals surface area contributed by atoms with E-state index in [2.05, 4.69) is 63.5 Å². The maximum atomic E-state index is 4.72. The fourth-order valence-corrected chi connectivity index (χ4v) is 3.07. The third-order valence-electron chi connectivity index (χ3n) is 4.35. The van der Waals surface area contributed by atoms with Gasteiger partial charge in [-0.1, -0.05) is 31.2 Å². The Hall–Kier alpha value is -1.64. The van der Waals surface area contributed by atoms with E-state index in [0.29, 0.717) is 13.1 Å². The Morgan fingerprint density at radius 1 is 1.16 bits per heavy atom. The van der Waals surface area contributed by atoms with E-state index in [1.807, 2.05) is 0 Å². The summed E-state index contributed by atoms with van der Waals surface area (Å²) in [6, 6.07) is 8.48. The summed E-state index contributed by atoms with van der Waals surface area (Å²) in [5.41, 5.74) is 2.63. The molecule has 0 aliphatic carbocycles. The van der Waals surface area contributed by atoms with E-state index in [0.717, 1.165) is 43.5 Å². The molecule has 2 heterocycles. The first-order valence-corrected chi connectivity index (χ1v) is 8.81. The van der Waals surface area contributed by atoms with Gasteiger partial charge in [0.2, 0.25) is 0 Å². The summed E-state index contributed by atoms with van der Waals surface area (Å²) < 4.78 is 2.21. The standard InChI is InChI=1S/C18H26N6.HI/c1-3-14-8-5-6-9-15(14)12-20-18(19-4-2)21-13-17-23-22-16-10-7-11-24(16)17;/h5-6,8-9H,3-4,7,10-13H2,1-2H3,(H2,19,20,21);1H. The summed E-state index contributed by atoms with van der Waals surface area (Å²) in [7, 11) is 0. The first kappa shape index (κ1) is 19.7. The van der Waals surface area contributed by atoms with Crippen molar-refractivity contribution < 1.29 is 0 Å². The molecule has 0 saturated carbocycles. The van der Waals surface area contributed by atoms with Gasteiger partial charge in [-0.2, -0.15) is 0 Å². The van der Waals surface area contributed by atoms with Gasteiger partial charge in [0.05, 0.1) is 13.1 Å². The highest BCUT2D eigenvalue weighted by Crippen LogP contribution is 2.14. The molecule has 2 N–H and O–H groups in total. The molecule has 0 amide bonds. The molecule has 0 atom stereocenters. The molecule has 0 bridgehead atoms. The van der Waals surface area contributed by atoms with E-state index in [-0.39, 0.29) is 24.0 Å². The maximum Gasteiger partial charge on any atom is 0.191 e. The number of nitrogens with zero attached hydrogens (tertiary/aromatic N) is 4. The number of hydrogen-bond donors (Lipinski definition) is 2. The van der Waals surface area contributed by atoms with Crippen molar-refractivity contribution in [1.29, 1.82) is 0 Å². The molecular formula is C18H27IN6. The lowest BCUT2D eigenvalue weighted by atomic mass is 10.1. The highest BCUT2D eigenvalue weighted by Gasteiger charge is 2.17. The van der Waals surface area contributed by atoms with Crippen molar-refractivity contribution >= 4 is 29.9 Å². The highest BCUT2D eigenvalue weighted by atomic mass is 127. The van der Waals surface area contributed by atoms with Crippen LogP contribution in [0, 0.1) is 0 Å². The lowest BCUT2D eigenvalue weighted by Gasteiger charge is -2.12. The van der Waals surface area contributed by atoms with Crippen molar-refractivity contribution in [3.8, 4) is 0 Å². The van der Waals surface area contributed by atoms with Crippen LogP contribution < -0.4 is 10.6 Å². The molecule has 0 spiro atoms. The molecule has 25 heavy (non-hydrogen) atoms. The second kappa shape index (κ2) is 9.74. The summed E-state index contributed by atoms with van der Waals surface area (Å²) >= 11 is 0. The SMILES string of the molecule is CCNC(=NCc1ccccc1CC)NCc1nnc2n1CCC2.I. The number of aryl methyl sites for hydroxylation is 2. The summed E-state index contributed by atoms with van der Waals surface area (Å²) in [5, 5.41) is 15.2. The Balaban J connectivity index is 0.00000225. The average Bonchev–Trinajstić information content (AvgIpc) is 3.21. The zero-order chi connectivity index (χ0) is 16.8. The Kier molecular flexibility index (Phi) is 7.67. The van der Waals surface area contributed by atoms with Gasteiger partial charge >= 0.3 is 0 Å². The van der Waals surface area contributed by atoms with Gasteiger partial charge in [0.15, 0.2) is 11.8 Å². The largest absolute Gasteiger partial charge is 0.357 e. The second-order valence-corrected chi connectivity index (χ2v) is 5.96. The van der Waals surface area contributed by atoms with Gasteiger partial charge in [-0.15, -0.1) is 34.2 Å². The summed E-state index contributed by atoms with van der Waals surface area (Å²) in [4.78, 5) is 4.72. The van der Waals surface area contributed by atoms with Crippen LogP contribution in [0.4, 0.5) is 0 Å². The number of fused-ring (bicyclic) bond motifs is 1. The minimum absolute atomic E-state index is 0. The van der Waals surface area contributed by atoms with E-state index in [1.165, 1.54) is 17.5 Å². The maximum absolute atomic E-state index is 4.72. The van der Waals surface area contributed by atoms with Crippen molar-refractivity contribution in [1.82, 2.24) is 25.4 Å². The lowest BCUT2D eigenvalue weighted by Crippen LogP contribution is -2.37. The third-order valence-corrected chi connectivity index (χ3v) is 4.35. The second-order valence-electron chi connectivity index (χ2n) is 5.96. The molecule has 2 aromatic rings. The van der Waals surface area contributed by atoms with E-state index in [1.54, 1.807) is 0 Å². The Labute approximate surface area is 166 Å². The molecule has 0 saturated heterocycles. The van der Waals surface area contributed by atoms with Crippen LogP contribution in [0.2, 0.25) is 0 Å². The van der Waals surface area contributed by atoms with E-state index in [4.69, 9.17) is 4.99 Å². The van der Waals surface area contributed by atoms with Gasteiger partial charge in [0.25, 0.3) is 0 Å². The summed E-state index contributed by atoms with van der Waals surface area (Å²) in [5.74, 6) is 2.91. The predicted molar refractivity (Wildman–Crippen MR) is 111 cm³/mol. The number of hydrogen-bond acceptors (Lipinski definition) is 3. The van der Waals surface area contributed by atoms with E-state index >= 15 is 0 Å². The Morgan fingerprint density at radius 3 is 2.72 bits per heavy atom. The molecular weight excluding hydrogens is 427 g/mol. The monoisotopic (exact) mass is 454 g/mol. The highest BCUT2D eigenvalue weighted by molar-refractivity contribution is 14.0. The number of guanidine groups is 1. The predicted octanol–water partition coefficient (Wildman–Crippen LogP) is 2.66. The molecule has 6 nitrogen and oxygen atoms in total. The normalized spacial score (nSPS) is 13.3. The van der Waals surface area contributed by atoms with Crippen LogP contribution in [0.5, 0.6) is 0 Å². The number of aliphatic imine (C=N–C) groups is 1. The molecule has 0 unspecified atom stereocenters. The molecule has 7 heteroatoms. The molecule has 1 aromatic carbocycles. The first-order valence-electron chi connectivity index (χ1n) is 8.81. The third kappa shape index (κ3) is 4.93. The van der Waals surface area contributed by atoms with E-state index in [9.17, 15) is 0 Å². The van der Waals surface area contributed by atoms with Crippen LogP contribution in [-0.4, -0.2) is 27.3 Å². The molecule has 1 aromatic heterocycles. The zero-order valence-electron chi connectivity index (χ0n) is 15.0. The van der Waals surface area contributed by atoms with Crippen LogP contribution in [0.25, 0.3) is 0 Å². The summed E-state index contributed by atoms with van der Waals surface area (Å²) in [6.45, 7) is 7.44. The number of rotatable bonds is 6. The topological polar surface area (TPSA) is 67.1 Å². The van der Waals surface area contributed by atoms with Crippen LogP contribution in [-0.2, 0) is 32.5 Å². The van der Waals surface area contributed by atoms with Gasteiger partial charge in [-0.25, -0.2) is 4.99 Å². The smallest absolute Gasteiger partial charge is 0.191 e. The Bertz CT molecular complexity index is 709. The van der Waals surface area contributed by atoms with Gasteiger partial charge in [-0.3, -0.25) is 0 Å². The van der Waals surface area contributed by atoms with Crippen LogP contribution in [0.1, 0.15) is 43.0 Å². The van der Waals surface area contributed by atoms with Gasteiger partial charge in [-0.05, 0) is 30.9 Å². The number of benzene rings is 1. The van der Waals surface area contributed by atoms with Gasteiger partial charge < -0.3 is 15.2 Å². The van der Waals surface area contributed by atoms with Crippen LogP contribution in [0.3, 0.4) is 0 Å². The minimum Gasteiger partial charge on any atom is -0.357 e. The number of aromatic nitrogens is 3. The number of nitrogens with one attached hydrogen (secondary N) is 2. The quantitative estimate of drug-likeness (QED) is 0.400.